The molecule has 3 aromatic heterocycles. The SMILES string of the molecule is Cc1nc2c(NC(=O)c3c(C)ccn(-c4ccc(F)cc4)c3=O)cccn2n1. The van der Waals surface area contributed by atoms with Crippen LogP contribution in [0.25, 0.3) is 11.3 Å². The van der Waals surface area contributed by atoms with Crippen LogP contribution >= 0.6 is 0 Å². The van der Waals surface area contributed by atoms with Gasteiger partial charge in [-0.05, 0) is 61.9 Å². The lowest BCUT2D eigenvalue weighted by Crippen LogP contribution is -2.29. The molecule has 0 unspecified atom stereocenters. The van der Waals surface area contributed by atoms with E-state index in [1.54, 1.807) is 49.0 Å². The molecule has 0 atom stereocenters. The number of halogens is 1. The summed E-state index contributed by atoms with van der Waals surface area (Å²) in [6, 6.07) is 10.6. The quantitative estimate of drug-likeness (QED) is 0.595. The highest BCUT2D eigenvalue weighted by molar-refractivity contribution is 6.06. The molecule has 4 aromatic rings. The molecule has 0 aliphatic heterocycles. The van der Waals surface area contributed by atoms with Crippen molar-refractivity contribution in [1.82, 2.24) is 19.2 Å². The van der Waals surface area contributed by atoms with E-state index in [1.807, 2.05) is 0 Å². The van der Waals surface area contributed by atoms with Crippen LogP contribution in [0, 0.1) is 19.7 Å². The Bertz CT molecular complexity index is 1260. The lowest BCUT2D eigenvalue weighted by atomic mass is 10.1. The average Bonchev–Trinajstić information content (AvgIpc) is 3.04. The molecule has 1 amide bonds. The van der Waals surface area contributed by atoms with Gasteiger partial charge in [0.25, 0.3) is 11.5 Å². The molecule has 0 fully saturated rings. The minimum Gasteiger partial charge on any atom is -0.319 e. The van der Waals surface area contributed by atoms with Crippen LogP contribution in [-0.4, -0.2) is 25.1 Å². The Labute approximate surface area is 159 Å². The number of nitrogens with zero attached hydrogens (tertiary/aromatic N) is 4. The van der Waals surface area contributed by atoms with Gasteiger partial charge in [0.05, 0.1) is 5.69 Å². The van der Waals surface area contributed by atoms with Gasteiger partial charge in [0.15, 0.2) is 5.65 Å². The van der Waals surface area contributed by atoms with E-state index in [-0.39, 0.29) is 5.56 Å². The summed E-state index contributed by atoms with van der Waals surface area (Å²) in [7, 11) is 0. The number of carbonyl (C=O) groups excluding carboxylic acids is 1. The smallest absolute Gasteiger partial charge is 0.268 e. The fraction of sp³-hybridized carbons (Fsp3) is 0.100. The first-order chi connectivity index (χ1) is 13.4. The molecule has 0 radical (unpaired) electrons. The van der Waals surface area contributed by atoms with E-state index in [0.717, 1.165) is 0 Å². The van der Waals surface area contributed by atoms with Gasteiger partial charge in [0.1, 0.15) is 17.2 Å². The second kappa shape index (κ2) is 6.73. The van der Waals surface area contributed by atoms with Crippen LogP contribution in [0.1, 0.15) is 21.7 Å². The Morgan fingerprint density at radius 1 is 1.07 bits per heavy atom. The molecule has 0 spiro atoms. The van der Waals surface area contributed by atoms with Gasteiger partial charge in [-0.25, -0.2) is 13.9 Å². The lowest BCUT2D eigenvalue weighted by Gasteiger charge is -2.11. The van der Waals surface area contributed by atoms with Crippen molar-refractivity contribution in [2.24, 2.45) is 0 Å². The van der Waals surface area contributed by atoms with E-state index in [9.17, 15) is 14.0 Å². The number of benzene rings is 1. The maximum Gasteiger partial charge on any atom is 0.268 e. The van der Waals surface area contributed by atoms with Crippen molar-refractivity contribution in [2.45, 2.75) is 13.8 Å². The maximum absolute atomic E-state index is 13.2. The van der Waals surface area contributed by atoms with Crippen LogP contribution in [0.15, 0.2) is 59.7 Å². The van der Waals surface area contributed by atoms with Gasteiger partial charge in [-0.15, -0.1) is 0 Å². The number of rotatable bonds is 3. The Morgan fingerprint density at radius 2 is 1.82 bits per heavy atom. The third kappa shape index (κ3) is 3.05. The molecule has 28 heavy (non-hydrogen) atoms. The summed E-state index contributed by atoms with van der Waals surface area (Å²) in [6.07, 6.45) is 3.28. The number of amides is 1. The van der Waals surface area contributed by atoms with Crippen molar-refractivity contribution in [3.05, 3.63) is 88.0 Å². The molecule has 1 aromatic carbocycles. The zero-order chi connectivity index (χ0) is 19.8. The van der Waals surface area contributed by atoms with Crippen molar-refractivity contribution in [3.63, 3.8) is 0 Å². The third-order valence-corrected chi connectivity index (χ3v) is 4.35. The third-order valence-electron chi connectivity index (χ3n) is 4.35. The number of hydrogen-bond acceptors (Lipinski definition) is 4. The molecule has 0 aliphatic rings. The number of pyridine rings is 2. The molecule has 140 valence electrons. The number of nitrogens with one attached hydrogen (secondary N) is 1. The number of fused-ring (bicyclic) bond motifs is 1. The summed E-state index contributed by atoms with van der Waals surface area (Å²) in [6.45, 7) is 3.44. The number of carbonyl (C=O) groups is 1. The highest BCUT2D eigenvalue weighted by atomic mass is 19.1. The molecule has 0 saturated carbocycles. The Kier molecular flexibility index (Phi) is 4.23. The van der Waals surface area contributed by atoms with Gasteiger partial charge >= 0.3 is 0 Å². The lowest BCUT2D eigenvalue weighted by molar-refractivity contribution is 0.102. The summed E-state index contributed by atoms with van der Waals surface area (Å²) in [5.74, 6) is -0.387. The summed E-state index contributed by atoms with van der Waals surface area (Å²) in [5.41, 5.74) is 1.45. The maximum atomic E-state index is 13.2. The number of aromatic nitrogens is 4. The second-order valence-corrected chi connectivity index (χ2v) is 6.33. The van der Waals surface area contributed by atoms with E-state index in [0.29, 0.717) is 28.4 Å². The zero-order valence-corrected chi connectivity index (χ0v) is 15.2. The van der Waals surface area contributed by atoms with E-state index >= 15 is 0 Å². The Morgan fingerprint density at radius 3 is 2.57 bits per heavy atom. The second-order valence-electron chi connectivity index (χ2n) is 6.33. The van der Waals surface area contributed by atoms with E-state index < -0.39 is 17.3 Å². The van der Waals surface area contributed by atoms with Gasteiger partial charge in [0, 0.05) is 18.1 Å². The van der Waals surface area contributed by atoms with Crippen molar-refractivity contribution < 1.29 is 9.18 Å². The molecule has 8 heteroatoms. The largest absolute Gasteiger partial charge is 0.319 e. The number of aryl methyl sites for hydroxylation is 2. The summed E-state index contributed by atoms with van der Waals surface area (Å²) < 4.78 is 16.0. The standard InChI is InChI=1S/C20H16FN5O2/c1-12-9-11-25(15-7-5-14(21)6-8-15)20(28)17(12)19(27)23-16-4-3-10-26-18(16)22-13(2)24-26/h3-11H,1-2H3,(H,23,27). The van der Waals surface area contributed by atoms with Crippen molar-refractivity contribution >= 4 is 17.2 Å². The van der Waals surface area contributed by atoms with E-state index in [2.05, 4.69) is 15.4 Å². The minimum atomic E-state index is -0.548. The van der Waals surface area contributed by atoms with Gasteiger partial charge in [-0.2, -0.15) is 5.10 Å². The Balaban J connectivity index is 1.76. The van der Waals surface area contributed by atoms with Gasteiger partial charge in [-0.3, -0.25) is 14.2 Å². The first kappa shape index (κ1) is 17.6. The summed E-state index contributed by atoms with van der Waals surface area (Å²) in [4.78, 5) is 30.1. The average molecular weight is 377 g/mol. The fourth-order valence-corrected chi connectivity index (χ4v) is 3.00. The Hall–Kier alpha value is -3.81. The van der Waals surface area contributed by atoms with Crippen molar-refractivity contribution in [2.75, 3.05) is 5.32 Å². The van der Waals surface area contributed by atoms with Gasteiger partial charge in [-0.1, -0.05) is 0 Å². The van der Waals surface area contributed by atoms with Crippen LogP contribution in [-0.2, 0) is 0 Å². The number of anilines is 1. The molecule has 0 aliphatic carbocycles. The van der Waals surface area contributed by atoms with Crippen LogP contribution in [0.4, 0.5) is 10.1 Å². The summed E-state index contributed by atoms with van der Waals surface area (Å²) in [5, 5.41) is 6.96. The molecule has 0 bridgehead atoms. The molecule has 4 rings (SSSR count). The molecular weight excluding hydrogens is 361 g/mol. The van der Waals surface area contributed by atoms with Crippen LogP contribution < -0.4 is 10.9 Å². The van der Waals surface area contributed by atoms with Crippen LogP contribution in [0.3, 0.4) is 0 Å². The zero-order valence-electron chi connectivity index (χ0n) is 15.2. The molecule has 7 nitrogen and oxygen atoms in total. The van der Waals surface area contributed by atoms with Crippen LogP contribution in [0.5, 0.6) is 0 Å². The van der Waals surface area contributed by atoms with Crippen LogP contribution in [0.2, 0.25) is 0 Å². The predicted molar refractivity (Wildman–Crippen MR) is 102 cm³/mol. The normalized spacial score (nSPS) is 11.0. The predicted octanol–water partition coefficient (Wildman–Crippen LogP) is 2.89. The van der Waals surface area contributed by atoms with E-state index in [1.165, 1.54) is 28.8 Å². The first-order valence-electron chi connectivity index (χ1n) is 8.55. The molecule has 3 heterocycles. The first-order valence-corrected chi connectivity index (χ1v) is 8.55. The van der Waals surface area contributed by atoms with Gasteiger partial charge in [0.2, 0.25) is 0 Å². The van der Waals surface area contributed by atoms with Crippen molar-refractivity contribution in [1.29, 1.82) is 0 Å². The molecule has 0 saturated heterocycles. The van der Waals surface area contributed by atoms with Gasteiger partial charge < -0.3 is 5.32 Å². The highest BCUT2D eigenvalue weighted by Gasteiger charge is 2.18. The molecule has 1 N–H and O–H groups in total. The highest BCUT2D eigenvalue weighted by Crippen LogP contribution is 2.16. The monoisotopic (exact) mass is 377 g/mol. The molecular formula is C20H16FN5O2. The topological polar surface area (TPSA) is 81.3 Å². The van der Waals surface area contributed by atoms with Crippen molar-refractivity contribution in [3.8, 4) is 5.69 Å². The van der Waals surface area contributed by atoms with E-state index in [4.69, 9.17) is 0 Å². The minimum absolute atomic E-state index is 0.00469. The fourth-order valence-electron chi connectivity index (χ4n) is 3.00. The summed E-state index contributed by atoms with van der Waals surface area (Å²) >= 11 is 0. The number of hydrogen-bond donors (Lipinski definition) is 1.